The molecule has 0 bridgehead atoms. The maximum atomic E-state index is 13.8. The van der Waals surface area contributed by atoms with E-state index in [0.717, 1.165) is 4.88 Å². The molecule has 0 atom stereocenters. The number of pyridine rings is 1. The molecule has 6 nitrogen and oxygen atoms in total. The average molecular weight is 407 g/mol. The third kappa shape index (κ3) is 3.93. The lowest BCUT2D eigenvalue weighted by Gasteiger charge is -2.05. The molecule has 4 aromatic rings. The van der Waals surface area contributed by atoms with E-state index in [1.54, 1.807) is 30.5 Å². The Morgan fingerprint density at radius 1 is 1.14 bits per heavy atom. The zero-order valence-electron chi connectivity index (χ0n) is 15.9. The molecular weight excluding hydrogens is 389 g/mol. The van der Waals surface area contributed by atoms with E-state index in [1.807, 2.05) is 37.4 Å². The lowest BCUT2D eigenvalue weighted by Crippen LogP contribution is -2.29. The molecule has 0 amide bonds. The van der Waals surface area contributed by atoms with Crippen molar-refractivity contribution in [2.45, 2.75) is 19.9 Å². The first-order valence-corrected chi connectivity index (χ1v) is 9.94. The van der Waals surface area contributed by atoms with Crippen LogP contribution in [0.25, 0.3) is 16.4 Å². The minimum Gasteiger partial charge on any atom is -0.265 e. The summed E-state index contributed by atoms with van der Waals surface area (Å²) in [4.78, 5) is 23.0. The number of carbonyl (C=O) groups excluding carboxylic acids is 1. The van der Waals surface area contributed by atoms with Crippen molar-refractivity contribution < 1.29 is 9.18 Å². The summed E-state index contributed by atoms with van der Waals surface area (Å²) in [6.07, 6.45) is 1.64. The van der Waals surface area contributed by atoms with Gasteiger partial charge in [-0.15, -0.1) is 16.4 Å². The van der Waals surface area contributed by atoms with Gasteiger partial charge in [0.1, 0.15) is 11.3 Å². The Labute approximate surface area is 170 Å². The molecule has 0 aliphatic heterocycles. The number of aromatic nitrogens is 4. The summed E-state index contributed by atoms with van der Waals surface area (Å²) >= 11 is 1.47. The third-order valence-electron chi connectivity index (χ3n) is 4.04. The van der Waals surface area contributed by atoms with Gasteiger partial charge in [-0.25, -0.2) is 14.1 Å². The molecule has 3 heterocycles. The van der Waals surface area contributed by atoms with Gasteiger partial charge < -0.3 is 0 Å². The first-order valence-electron chi connectivity index (χ1n) is 9.06. The van der Waals surface area contributed by atoms with Crippen molar-refractivity contribution >= 4 is 17.2 Å². The monoisotopic (exact) mass is 407 g/mol. The van der Waals surface area contributed by atoms with E-state index in [0.29, 0.717) is 17.0 Å². The maximum absolute atomic E-state index is 13.8. The predicted octanol–water partition coefficient (Wildman–Crippen LogP) is 3.93. The van der Waals surface area contributed by atoms with Gasteiger partial charge >= 0.3 is 5.91 Å². The SMILES string of the molecule is CC(C)N=c1ccccn1C(=O)c1nc(-c2cccs2)n(-c2cccc(F)c2)n1. The second kappa shape index (κ2) is 7.92. The quantitative estimate of drug-likeness (QED) is 0.515. The van der Waals surface area contributed by atoms with E-state index in [9.17, 15) is 9.18 Å². The summed E-state index contributed by atoms with van der Waals surface area (Å²) in [5, 5.41) is 6.32. The molecule has 0 N–H and O–H groups in total. The average Bonchev–Trinajstić information content (AvgIpc) is 3.37. The molecule has 0 fully saturated rings. The summed E-state index contributed by atoms with van der Waals surface area (Å²) < 4.78 is 16.7. The maximum Gasteiger partial charge on any atom is 0.303 e. The zero-order chi connectivity index (χ0) is 20.4. The highest BCUT2D eigenvalue weighted by Gasteiger charge is 2.21. The molecule has 0 aliphatic carbocycles. The van der Waals surface area contributed by atoms with E-state index in [4.69, 9.17) is 0 Å². The number of halogens is 1. The molecule has 146 valence electrons. The van der Waals surface area contributed by atoms with Gasteiger partial charge in [0.15, 0.2) is 5.82 Å². The van der Waals surface area contributed by atoms with Crippen molar-refractivity contribution in [3.05, 3.63) is 83.3 Å². The smallest absolute Gasteiger partial charge is 0.265 e. The summed E-state index contributed by atoms with van der Waals surface area (Å²) in [6, 6.07) is 15.2. The first-order chi connectivity index (χ1) is 14.0. The summed E-state index contributed by atoms with van der Waals surface area (Å²) in [5.74, 6) is -0.307. The zero-order valence-corrected chi connectivity index (χ0v) is 16.7. The summed E-state index contributed by atoms with van der Waals surface area (Å²) in [6.45, 7) is 3.88. The van der Waals surface area contributed by atoms with E-state index >= 15 is 0 Å². The minimum atomic E-state index is -0.405. The molecule has 0 radical (unpaired) electrons. The van der Waals surface area contributed by atoms with Crippen molar-refractivity contribution in [3.8, 4) is 16.4 Å². The minimum absolute atomic E-state index is 0.00840. The van der Waals surface area contributed by atoms with Gasteiger partial charge in [-0.1, -0.05) is 18.2 Å². The third-order valence-corrected chi connectivity index (χ3v) is 4.91. The van der Waals surface area contributed by atoms with Crippen molar-refractivity contribution in [1.29, 1.82) is 0 Å². The number of nitrogens with zero attached hydrogens (tertiary/aromatic N) is 5. The normalized spacial score (nSPS) is 11.9. The Hall–Kier alpha value is -3.39. The molecule has 29 heavy (non-hydrogen) atoms. The van der Waals surface area contributed by atoms with Crippen LogP contribution in [-0.2, 0) is 0 Å². The highest BCUT2D eigenvalue weighted by atomic mass is 32.1. The lowest BCUT2D eigenvalue weighted by atomic mass is 10.3. The number of carbonyl (C=O) groups is 1. The van der Waals surface area contributed by atoms with E-state index < -0.39 is 11.7 Å². The van der Waals surface area contributed by atoms with E-state index in [1.165, 1.54) is 32.7 Å². The van der Waals surface area contributed by atoms with Crippen LogP contribution in [0.5, 0.6) is 0 Å². The largest absolute Gasteiger partial charge is 0.303 e. The molecule has 0 spiro atoms. The van der Waals surface area contributed by atoms with Crippen molar-refractivity contribution in [2.24, 2.45) is 4.99 Å². The molecule has 0 saturated carbocycles. The number of benzene rings is 1. The van der Waals surface area contributed by atoms with Crippen LogP contribution in [0.4, 0.5) is 4.39 Å². The van der Waals surface area contributed by atoms with Crippen LogP contribution in [0.15, 0.2) is 71.2 Å². The van der Waals surface area contributed by atoms with Crippen LogP contribution in [0.2, 0.25) is 0 Å². The fraction of sp³-hybridized carbons (Fsp3) is 0.143. The summed E-state index contributed by atoms with van der Waals surface area (Å²) in [5.41, 5.74) is 1.01. The molecule has 0 saturated heterocycles. The first kappa shape index (κ1) is 18.9. The fourth-order valence-corrected chi connectivity index (χ4v) is 3.54. The van der Waals surface area contributed by atoms with Crippen molar-refractivity contribution in [1.82, 2.24) is 19.3 Å². The Morgan fingerprint density at radius 3 is 2.72 bits per heavy atom. The van der Waals surface area contributed by atoms with Crippen LogP contribution in [0.3, 0.4) is 0 Å². The molecule has 8 heteroatoms. The molecule has 1 aromatic carbocycles. The predicted molar refractivity (Wildman–Crippen MR) is 109 cm³/mol. The highest BCUT2D eigenvalue weighted by Crippen LogP contribution is 2.26. The van der Waals surface area contributed by atoms with Gasteiger partial charge in [0.05, 0.1) is 10.6 Å². The van der Waals surface area contributed by atoms with Gasteiger partial charge in [0.2, 0.25) is 5.82 Å². The molecular formula is C21H18FN5OS. The van der Waals surface area contributed by atoms with Crippen LogP contribution < -0.4 is 5.49 Å². The van der Waals surface area contributed by atoms with E-state index in [2.05, 4.69) is 15.1 Å². The van der Waals surface area contributed by atoms with Gasteiger partial charge in [-0.05, 0) is 55.6 Å². The Balaban J connectivity index is 1.86. The van der Waals surface area contributed by atoms with Crippen LogP contribution in [0, 0.1) is 5.82 Å². The molecule has 0 unspecified atom stereocenters. The number of thiophene rings is 1. The second-order valence-corrected chi connectivity index (χ2v) is 7.53. The molecule has 0 aliphatic rings. The topological polar surface area (TPSA) is 65.1 Å². The Kier molecular flexibility index (Phi) is 5.18. The number of rotatable bonds is 4. The van der Waals surface area contributed by atoms with E-state index in [-0.39, 0.29) is 11.9 Å². The van der Waals surface area contributed by atoms with Crippen LogP contribution in [-0.4, -0.2) is 31.3 Å². The Morgan fingerprint density at radius 2 is 2.00 bits per heavy atom. The van der Waals surface area contributed by atoms with Gasteiger partial charge in [-0.2, -0.15) is 0 Å². The van der Waals surface area contributed by atoms with Gasteiger partial charge in [0.25, 0.3) is 0 Å². The molecule has 3 aromatic heterocycles. The fourth-order valence-electron chi connectivity index (χ4n) is 2.84. The second-order valence-electron chi connectivity index (χ2n) is 6.58. The van der Waals surface area contributed by atoms with Gasteiger partial charge in [-0.3, -0.25) is 14.4 Å². The van der Waals surface area contributed by atoms with Crippen LogP contribution >= 0.6 is 11.3 Å². The highest BCUT2D eigenvalue weighted by molar-refractivity contribution is 7.13. The summed E-state index contributed by atoms with van der Waals surface area (Å²) in [7, 11) is 0. The standard InChI is InChI=1S/C21H18FN5OS/c1-14(2)23-18-10-3-4-11-26(18)21(28)19-24-20(17-9-6-12-29-17)27(25-19)16-8-5-7-15(22)13-16/h3-14H,1-2H3. The lowest BCUT2D eigenvalue weighted by molar-refractivity contribution is 0.0944. The van der Waals surface area contributed by atoms with Crippen molar-refractivity contribution in [3.63, 3.8) is 0 Å². The molecule has 4 rings (SSSR count). The Bertz CT molecular complexity index is 1220. The number of hydrogen-bond donors (Lipinski definition) is 0. The van der Waals surface area contributed by atoms with Gasteiger partial charge in [0, 0.05) is 12.2 Å². The van der Waals surface area contributed by atoms with Crippen LogP contribution in [0.1, 0.15) is 24.5 Å². The number of hydrogen-bond acceptors (Lipinski definition) is 5. The van der Waals surface area contributed by atoms with Crippen molar-refractivity contribution in [2.75, 3.05) is 0 Å².